The van der Waals surface area contributed by atoms with Gasteiger partial charge in [0.25, 0.3) is 0 Å². The third-order valence-electron chi connectivity index (χ3n) is 2.25. The Morgan fingerprint density at radius 3 is 2.62 bits per heavy atom. The van der Waals surface area contributed by atoms with Gasteiger partial charge in [0.1, 0.15) is 23.1 Å². The molecule has 2 rings (SSSR count). The molecule has 0 amide bonds. The van der Waals surface area contributed by atoms with Crippen molar-refractivity contribution in [2.75, 3.05) is 24.7 Å². The summed E-state index contributed by atoms with van der Waals surface area (Å²) in [5.41, 5.74) is 6.02. The van der Waals surface area contributed by atoms with Crippen molar-refractivity contribution < 1.29 is 4.39 Å². The molecule has 0 bridgehead atoms. The van der Waals surface area contributed by atoms with Gasteiger partial charge in [0, 0.05) is 20.2 Å². The van der Waals surface area contributed by atoms with Gasteiger partial charge in [-0.1, -0.05) is 12.1 Å². The average Bonchev–Trinajstić information content (AvgIpc) is 2.61. The highest BCUT2D eigenvalue weighted by Crippen LogP contribution is 2.22. The van der Waals surface area contributed by atoms with Crippen molar-refractivity contribution in [2.24, 2.45) is 0 Å². The monoisotopic (exact) mass is 220 g/mol. The van der Waals surface area contributed by atoms with Crippen LogP contribution in [0, 0.1) is 5.82 Å². The van der Waals surface area contributed by atoms with Crippen molar-refractivity contribution >= 4 is 11.6 Å². The normalized spacial score (nSPS) is 10.4. The number of rotatable bonds is 2. The minimum absolute atomic E-state index is 0.325. The number of nitrogens with two attached hydrogens (primary N) is 1. The van der Waals surface area contributed by atoms with Crippen LogP contribution in [0.3, 0.4) is 0 Å². The number of nitrogen functional groups attached to an aromatic ring is 1. The van der Waals surface area contributed by atoms with Gasteiger partial charge < -0.3 is 10.6 Å². The van der Waals surface area contributed by atoms with E-state index in [0.29, 0.717) is 11.5 Å². The molecule has 0 fully saturated rings. The van der Waals surface area contributed by atoms with E-state index >= 15 is 0 Å². The van der Waals surface area contributed by atoms with E-state index in [9.17, 15) is 4.39 Å². The lowest BCUT2D eigenvalue weighted by atomic mass is 10.3. The fourth-order valence-electron chi connectivity index (χ4n) is 1.51. The van der Waals surface area contributed by atoms with E-state index in [1.165, 1.54) is 10.7 Å². The Kier molecular flexibility index (Phi) is 2.52. The standard InChI is InChI=1S/C11H13FN4/c1-15(2)11-7-10(13)14-16(11)9-6-4-3-5-8(9)12/h3-7H,1-2H3,(H2,13,14). The second-order valence-corrected chi connectivity index (χ2v) is 3.69. The molecule has 2 N–H and O–H groups in total. The van der Waals surface area contributed by atoms with E-state index in [1.807, 2.05) is 19.0 Å². The topological polar surface area (TPSA) is 47.1 Å². The summed E-state index contributed by atoms with van der Waals surface area (Å²) in [6.07, 6.45) is 0. The SMILES string of the molecule is CN(C)c1cc(N)nn1-c1ccccc1F. The Balaban J connectivity index is 2.60. The van der Waals surface area contributed by atoms with Crippen molar-refractivity contribution in [3.63, 3.8) is 0 Å². The number of nitrogens with zero attached hydrogens (tertiary/aromatic N) is 3. The molecule has 84 valence electrons. The third-order valence-corrected chi connectivity index (χ3v) is 2.25. The quantitative estimate of drug-likeness (QED) is 0.837. The van der Waals surface area contributed by atoms with Crippen LogP contribution in [0.5, 0.6) is 0 Å². The molecule has 0 aliphatic carbocycles. The predicted molar refractivity (Wildman–Crippen MR) is 62.3 cm³/mol. The average molecular weight is 220 g/mol. The third kappa shape index (κ3) is 1.71. The molecule has 0 aliphatic heterocycles. The van der Waals surface area contributed by atoms with Crippen LogP contribution in [-0.4, -0.2) is 23.9 Å². The van der Waals surface area contributed by atoms with E-state index in [0.717, 1.165) is 5.82 Å². The molecule has 4 nitrogen and oxygen atoms in total. The largest absolute Gasteiger partial charge is 0.382 e. The van der Waals surface area contributed by atoms with Crippen LogP contribution in [0.15, 0.2) is 30.3 Å². The van der Waals surface area contributed by atoms with Gasteiger partial charge in [-0.05, 0) is 12.1 Å². The number of hydrogen-bond donors (Lipinski definition) is 1. The van der Waals surface area contributed by atoms with E-state index in [2.05, 4.69) is 5.10 Å². The molecular formula is C11H13FN4. The number of halogens is 1. The minimum atomic E-state index is -0.325. The van der Waals surface area contributed by atoms with Gasteiger partial charge in [-0.2, -0.15) is 0 Å². The summed E-state index contributed by atoms with van der Waals surface area (Å²) >= 11 is 0. The van der Waals surface area contributed by atoms with Gasteiger partial charge in [0.05, 0.1) is 0 Å². The van der Waals surface area contributed by atoms with Crippen LogP contribution in [-0.2, 0) is 0 Å². The number of hydrogen-bond acceptors (Lipinski definition) is 3. The van der Waals surface area contributed by atoms with E-state index in [1.54, 1.807) is 24.3 Å². The van der Waals surface area contributed by atoms with Crippen LogP contribution in [0.25, 0.3) is 5.69 Å². The lowest BCUT2D eigenvalue weighted by Crippen LogP contribution is -2.14. The van der Waals surface area contributed by atoms with Gasteiger partial charge in [-0.3, -0.25) is 0 Å². The van der Waals surface area contributed by atoms with Gasteiger partial charge in [-0.15, -0.1) is 5.10 Å². The molecule has 1 aromatic carbocycles. The number of para-hydroxylation sites is 1. The Bertz CT molecular complexity index is 504. The second-order valence-electron chi connectivity index (χ2n) is 3.69. The number of benzene rings is 1. The second kappa shape index (κ2) is 3.84. The lowest BCUT2D eigenvalue weighted by Gasteiger charge is -2.14. The maximum absolute atomic E-state index is 13.6. The molecule has 5 heteroatoms. The Labute approximate surface area is 93.1 Å². The van der Waals surface area contributed by atoms with Crippen molar-refractivity contribution in [3.05, 3.63) is 36.1 Å². The van der Waals surface area contributed by atoms with E-state index in [-0.39, 0.29) is 5.82 Å². The number of anilines is 2. The smallest absolute Gasteiger partial charge is 0.148 e. The maximum Gasteiger partial charge on any atom is 0.148 e. The zero-order chi connectivity index (χ0) is 11.7. The van der Waals surface area contributed by atoms with E-state index in [4.69, 9.17) is 5.73 Å². The molecule has 1 heterocycles. The molecule has 2 aromatic rings. The summed E-state index contributed by atoms with van der Waals surface area (Å²) in [6.45, 7) is 0. The Morgan fingerprint density at radius 1 is 1.31 bits per heavy atom. The van der Waals surface area contributed by atoms with Crippen molar-refractivity contribution in [1.82, 2.24) is 9.78 Å². The van der Waals surface area contributed by atoms with Crippen LogP contribution in [0.4, 0.5) is 16.0 Å². The lowest BCUT2D eigenvalue weighted by molar-refractivity contribution is 0.611. The molecule has 0 unspecified atom stereocenters. The highest BCUT2D eigenvalue weighted by Gasteiger charge is 2.12. The van der Waals surface area contributed by atoms with Crippen molar-refractivity contribution in [2.45, 2.75) is 0 Å². The van der Waals surface area contributed by atoms with Crippen LogP contribution in [0.1, 0.15) is 0 Å². The summed E-state index contributed by atoms with van der Waals surface area (Å²) in [5, 5.41) is 4.08. The molecule has 0 aliphatic rings. The highest BCUT2D eigenvalue weighted by atomic mass is 19.1. The zero-order valence-corrected chi connectivity index (χ0v) is 9.18. The molecular weight excluding hydrogens is 207 g/mol. The zero-order valence-electron chi connectivity index (χ0n) is 9.18. The first-order valence-corrected chi connectivity index (χ1v) is 4.87. The molecule has 0 saturated heterocycles. The molecule has 0 atom stereocenters. The molecule has 1 aromatic heterocycles. The number of aromatic nitrogens is 2. The summed E-state index contributed by atoms with van der Waals surface area (Å²) < 4.78 is 15.1. The highest BCUT2D eigenvalue weighted by molar-refractivity contribution is 5.53. The predicted octanol–water partition coefficient (Wildman–Crippen LogP) is 1.66. The van der Waals surface area contributed by atoms with E-state index < -0.39 is 0 Å². The van der Waals surface area contributed by atoms with Gasteiger partial charge >= 0.3 is 0 Å². The van der Waals surface area contributed by atoms with Gasteiger partial charge in [0.2, 0.25) is 0 Å². The van der Waals surface area contributed by atoms with Crippen LogP contribution in [0.2, 0.25) is 0 Å². The van der Waals surface area contributed by atoms with Gasteiger partial charge in [-0.25, -0.2) is 9.07 Å². The fourth-order valence-corrected chi connectivity index (χ4v) is 1.51. The van der Waals surface area contributed by atoms with Crippen LogP contribution < -0.4 is 10.6 Å². The molecule has 16 heavy (non-hydrogen) atoms. The minimum Gasteiger partial charge on any atom is -0.382 e. The van der Waals surface area contributed by atoms with Crippen molar-refractivity contribution in [1.29, 1.82) is 0 Å². The van der Waals surface area contributed by atoms with Crippen LogP contribution >= 0.6 is 0 Å². The molecule has 0 saturated carbocycles. The fraction of sp³-hybridized carbons (Fsp3) is 0.182. The van der Waals surface area contributed by atoms with Gasteiger partial charge in [0.15, 0.2) is 0 Å². The summed E-state index contributed by atoms with van der Waals surface area (Å²) in [5.74, 6) is 0.781. The first-order valence-electron chi connectivity index (χ1n) is 4.87. The summed E-state index contributed by atoms with van der Waals surface area (Å²) in [7, 11) is 3.71. The molecule has 0 spiro atoms. The maximum atomic E-state index is 13.6. The Morgan fingerprint density at radius 2 is 2.00 bits per heavy atom. The molecule has 0 radical (unpaired) electrons. The Hall–Kier alpha value is -2.04. The summed E-state index contributed by atoms with van der Waals surface area (Å²) in [4.78, 5) is 1.83. The summed E-state index contributed by atoms with van der Waals surface area (Å²) in [6, 6.07) is 8.16. The first-order chi connectivity index (χ1) is 7.59. The van der Waals surface area contributed by atoms with Crippen molar-refractivity contribution in [3.8, 4) is 5.69 Å². The first kappa shape index (κ1) is 10.5.